The molecule has 0 spiro atoms. The number of nitrogens with one attached hydrogen (secondary N) is 1. The van der Waals surface area contributed by atoms with Crippen molar-refractivity contribution < 1.29 is 19.8 Å². The molecule has 1 aliphatic carbocycles. The van der Waals surface area contributed by atoms with E-state index < -0.39 is 12.0 Å². The predicted octanol–water partition coefficient (Wildman–Crippen LogP) is 2.42. The number of nitrogens with zero attached hydrogens (tertiary/aromatic N) is 2. The summed E-state index contributed by atoms with van der Waals surface area (Å²) in [5.74, 6) is -0.617. The van der Waals surface area contributed by atoms with Crippen molar-refractivity contribution >= 4 is 12.0 Å². The third-order valence-electron chi connectivity index (χ3n) is 6.75. The molecule has 0 saturated carbocycles. The molecule has 29 heavy (non-hydrogen) atoms. The maximum absolute atomic E-state index is 13.1. The second kappa shape index (κ2) is 7.86. The number of amides is 2. The summed E-state index contributed by atoms with van der Waals surface area (Å²) < 4.78 is 0. The first kappa shape index (κ1) is 21.4. The molecule has 0 aromatic heterocycles. The molecule has 1 aliphatic heterocycles. The molecule has 1 saturated heterocycles. The SMILES string of the molecule is CC(C)CC(NC(=O)N(C)[C@@H]1[C@H]2Cc3ccc(O)cc3[C@]1(C)CCN2C)C(=O)O. The zero-order valence-electron chi connectivity index (χ0n) is 18.0. The number of aromatic hydroxyl groups is 1. The average molecular weight is 404 g/mol. The van der Waals surface area contributed by atoms with Crippen LogP contribution in [0.5, 0.6) is 5.75 Å². The zero-order chi connectivity index (χ0) is 21.5. The number of hydrogen-bond acceptors (Lipinski definition) is 4. The summed E-state index contributed by atoms with van der Waals surface area (Å²) in [7, 11) is 3.83. The fraction of sp³-hybridized carbons (Fsp3) is 0.636. The standard InChI is InChI=1S/C22H33N3O4/c1-13(2)10-17(20(27)28)23-21(29)25(5)19-18-11-14-6-7-15(26)12-16(14)22(19,3)8-9-24(18)4/h6-7,12-13,17-19,26H,8-11H2,1-5H3,(H,23,29)(H,27,28)/t17?,18-,19-,22+/m1/s1. The molecule has 4 atom stereocenters. The number of aliphatic carboxylic acids is 1. The van der Waals surface area contributed by atoms with E-state index in [1.165, 1.54) is 5.56 Å². The monoisotopic (exact) mass is 403 g/mol. The van der Waals surface area contributed by atoms with Crippen LogP contribution in [0.15, 0.2) is 18.2 Å². The highest BCUT2D eigenvalue weighted by molar-refractivity contribution is 5.82. The van der Waals surface area contributed by atoms with E-state index >= 15 is 0 Å². The van der Waals surface area contributed by atoms with Crippen molar-refractivity contribution in [3.05, 3.63) is 29.3 Å². The van der Waals surface area contributed by atoms with Gasteiger partial charge in [-0.15, -0.1) is 0 Å². The van der Waals surface area contributed by atoms with Gasteiger partial charge in [0.2, 0.25) is 0 Å². The van der Waals surface area contributed by atoms with Crippen molar-refractivity contribution in [3.8, 4) is 5.75 Å². The fourth-order valence-electron chi connectivity index (χ4n) is 5.20. The van der Waals surface area contributed by atoms with Crippen LogP contribution >= 0.6 is 0 Å². The molecule has 7 nitrogen and oxygen atoms in total. The van der Waals surface area contributed by atoms with E-state index in [0.717, 1.165) is 24.9 Å². The molecular weight excluding hydrogens is 370 g/mol. The summed E-state index contributed by atoms with van der Waals surface area (Å²) >= 11 is 0. The van der Waals surface area contributed by atoms with Gasteiger partial charge in [-0.2, -0.15) is 0 Å². The summed E-state index contributed by atoms with van der Waals surface area (Å²) in [6.45, 7) is 6.95. The van der Waals surface area contributed by atoms with Crippen molar-refractivity contribution in [3.63, 3.8) is 0 Å². The molecule has 3 N–H and O–H groups in total. The number of phenolic OH excluding ortho intramolecular Hbond substituents is 1. The lowest BCUT2D eigenvalue weighted by Crippen LogP contribution is -2.68. The first-order valence-electron chi connectivity index (χ1n) is 10.3. The molecule has 2 bridgehead atoms. The van der Waals surface area contributed by atoms with Gasteiger partial charge < -0.3 is 25.3 Å². The Balaban J connectivity index is 1.92. The van der Waals surface area contributed by atoms with Crippen LogP contribution in [-0.2, 0) is 16.6 Å². The van der Waals surface area contributed by atoms with Gasteiger partial charge in [-0.1, -0.05) is 26.8 Å². The van der Waals surface area contributed by atoms with E-state index in [-0.39, 0.29) is 35.2 Å². The molecular formula is C22H33N3O4. The number of carbonyl (C=O) groups excluding carboxylic acids is 1. The van der Waals surface area contributed by atoms with E-state index in [1.54, 1.807) is 18.0 Å². The van der Waals surface area contributed by atoms with Crippen LogP contribution in [0.1, 0.15) is 44.7 Å². The van der Waals surface area contributed by atoms with Gasteiger partial charge in [0.1, 0.15) is 11.8 Å². The van der Waals surface area contributed by atoms with Gasteiger partial charge in [-0.05, 0) is 62.0 Å². The molecule has 1 aromatic carbocycles. The van der Waals surface area contributed by atoms with Crippen LogP contribution in [0.25, 0.3) is 0 Å². The normalized spacial score (nSPS) is 27.2. The van der Waals surface area contributed by atoms with Gasteiger partial charge in [0, 0.05) is 18.5 Å². The molecule has 2 amide bonds. The quantitative estimate of drug-likeness (QED) is 0.702. The Morgan fingerprint density at radius 2 is 2.07 bits per heavy atom. The van der Waals surface area contributed by atoms with Gasteiger partial charge in [0.05, 0.1) is 6.04 Å². The number of urea groups is 1. The largest absolute Gasteiger partial charge is 0.508 e. The maximum atomic E-state index is 13.1. The van der Waals surface area contributed by atoms with Gasteiger partial charge in [0.25, 0.3) is 0 Å². The van der Waals surface area contributed by atoms with Crippen molar-refractivity contribution in [1.29, 1.82) is 0 Å². The third-order valence-corrected chi connectivity index (χ3v) is 6.75. The van der Waals surface area contributed by atoms with Crippen LogP contribution in [0.4, 0.5) is 4.79 Å². The lowest BCUT2D eigenvalue weighted by atomic mass is 9.61. The highest BCUT2D eigenvalue weighted by Crippen LogP contribution is 2.47. The van der Waals surface area contributed by atoms with E-state index in [0.29, 0.717) is 6.42 Å². The van der Waals surface area contributed by atoms with E-state index in [2.05, 4.69) is 24.2 Å². The Labute approximate surface area is 172 Å². The van der Waals surface area contributed by atoms with Gasteiger partial charge in [0.15, 0.2) is 0 Å². The van der Waals surface area contributed by atoms with Gasteiger partial charge >= 0.3 is 12.0 Å². The van der Waals surface area contributed by atoms with E-state index in [9.17, 15) is 19.8 Å². The number of rotatable bonds is 5. The molecule has 1 aromatic rings. The van der Waals surface area contributed by atoms with Crippen LogP contribution in [0.2, 0.25) is 0 Å². The second-order valence-corrected chi connectivity index (χ2v) is 9.29. The highest BCUT2D eigenvalue weighted by atomic mass is 16.4. The number of likely N-dealkylation sites (tertiary alicyclic amines) is 1. The Bertz CT molecular complexity index is 796. The number of likely N-dealkylation sites (N-methyl/N-ethyl adjacent to an activating group) is 2. The minimum Gasteiger partial charge on any atom is -0.508 e. The number of carboxylic acids is 1. The number of carboxylic acid groups (broad SMARTS) is 1. The van der Waals surface area contributed by atoms with Gasteiger partial charge in [-0.25, -0.2) is 9.59 Å². The van der Waals surface area contributed by atoms with Crippen LogP contribution in [-0.4, -0.2) is 70.8 Å². The number of benzene rings is 1. The van der Waals surface area contributed by atoms with Crippen molar-refractivity contribution in [2.75, 3.05) is 20.6 Å². The van der Waals surface area contributed by atoms with Crippen LogP contribution < -0.4 is 5.32 Å². The number of phenols is 1. The first-order chi connectivity index (χ1) is 13.5. The Hall–Kier alpha value is -2.28. The number of piperidine rings is 1. The lowest BCUT2D eigenvalue weighted by molar-refractivity contribution is -0.139. The lowest BCUT2D eigenvalue weighted by Gasteiger charge is -2.57. The Morgan fingerprint density at radius 1 is 1.38 bits per heavy atom. The minimum absolute atomic E-state index is 0.121. The van der Waals surface area contributed by atoms with Crippen LogP contribution in [0, 0.1) is 5.92 Å². The molecule has 2 aliphatic rings. The summed E-state index contributed by atoms with van der Waals surface area (Å²) in [6.07, 6.45) is 2.03. The zero-order valence-corrected chi connectivity index (χ0v) is 18.0. The summed E-state index contributed by atoms with van der Waals surface area (Å²) in [4.78, 5) is 28.7. The van der Waals surface area contributed by atoms with E-state index in [1.807, 2.05) is 26.0 Å². The van der Waals surface area contributed by atoms with Crippen molar-refractivity contribution in [2.24, 2.45) is 5.92 Å². The highest BCUT2D eigenvalue weighted by Gasteiger charge is 2.52. The van der Waals surface area contributed by atoms with Crippen LogP contribution in [0.3, 0.4) is 0 Å². The second-order valence-electron chi connectivity index (χ2n) is 9.29. The van der Waals surface area contributed by atoms with Crippen molar-refractivity contribution in [1.82, 2.24) is 15.1 Å². The first-order valence-corrected chi connectivity index (χ1v) is 10.3. The van der Waals surface area contributed by atoms with Crippen molar-refractivity contribution in [2.45, 2.75) is 63.6 Å². The third kappa shape index (κ3) is 3.92. The Morgan fingerprint density at radius 3 is 2.69 bits per heavy atom. The minimum atomic E-state index is -1.01. The van der Waals surface area contributed by atoms with Gasteiger partial charge in [-0.3, -0.25) is 0 Å². The molecule has 1 fully saturated rings. The fourth-order valence-corrected chi connectivity index (χ4v) is 5.20. The topological polar surface area (TPSA) is 93.1 Å². The number of carbonyl (C=O) groups is 2. The van der Waals surface area contributed by atoms with E-state index in [4.69, 9.17) is 0 Å². The average Bonchev–Trinajstić information content (AvgIpc) is 2.64. The number of hydrogen-bond donors (Lipinski definition) is 3. The summed E-state index contributed by atoms with van der Waals surface area (Å²) in [5.41, 5.74) is 1.98. The molecule has 7 heteroatoms. The predicted molar refractivity (Wildman–Crippen MR) is 111 cm³/mol. The maximum Gasteiger partial charge on any atom is 0.326 e. The number of fused-ring (bicyclic) bond motifs is 4. The Kier molecular flexibility index (Phi) is 5.81. The smallest absolute Gasteiger partial charge is 0.326 e. The summed E-state index contributed by atoms with van der Waals surface area (Å²) in [5, 5.41) is 22.3. The molecule has 1 unspecified atom stereocenters. The molecule has 160 valence electrons. The molecule has 1 heterocycles. The molecule has 3 rings (SSSR count). The molecule has 0 radical (unpaired) electrons. The summed E-state index contributed by atoms with van der Waals surface area (Å²) in [6, 6.07) is 4.27.